The Hall–Kier alpha value is -2.01. The van der Waals surface area contributed by atoms with Crippen molar-refractivity contribution in [2.24, 2.45) is 5.14 Å². The van der Waals surface area contributed by atoms with Crippen LogP contribution in [0.15, 0.2) is 22.6 Å². The highest BCUT2D eigenvalue weighted by Gasteiger charge is 2.25. The molecular weight excluding hydrogens is 363 g/mol. The molecule has 0 unspecified atom stereocenters. The van der Waals surface area contributed by atoms with Gasteiger partial charge in [0.25, 0.3) is 10.2 Å². The Kier molecular flexibility index (Phi) is 5.28. The van der Waals surface area contributed by atoms with Crippen molar-refractivity contribution in [2.75, 3.05) is 33.3 Å². The average molecular weight is 384 g/mol. The van der Waals surface area contributed by atoms with Gasteiger partial charge in [-0.05, 0) is 25.1 Å². The van der Waals surface area contributed by atoms with Gasteiger partial charge in [0.15, 0.2) is 0 Å². The molecule has 0 bridgehead atoms. The fraction of sp³-hybridized carbons (Fsp3) is 0.438. The molecule has 1 aromatic heterocycles. The second kappa shape index (κ2) is 7.31. The lowest BCUT2D eigenvalue weighted by Gasteiger charge is -2.32. The fourth-order valence-electron chi connectivity index (χ4n) is 2.84. The second-order valence-electron chi connectivity index (χ2n) is 6.09. The van der Waals surface area contributed by atoms with Crippen molar-refractivity contribution in [1.29, 1.82) is 0 Å². The van der Waals surface area contributed by atoms with Gasteiger partial charge in [-0.15, -0.1) is 0 Å². The first-order valence-corrected chi connectivity index (χ1v) is 9.58. The predicted octanol–water partition coefficient (Wildman–Crippen LogP) is 1.12. The first-order valence-electron chi connectivity index (χ1n) is 8.08. The number of nitrogens with two attached hydrogens (primary N) is 1. The summed E-state index contributed by atoms with van der Waals surface area (Å²) in [6, 6.07) is 4.37. The average Bonchev–Trinajstić information content (AvgIpc) is 2.95. The van der Waals surface area contributed by atoms with Gasteiger partial charge in [0.05, 0.1) is 18.4 Å². The number of aryl methyl sites for hydroxylation is 1. The third-order valence-corrected chi connectivity index (χ3v) is 5.45. The highest BCUT2D eigenvalue weighted by molar-refractivity contribution is 7.86. The second-order valence-corrected chi connectivity index (χ2v) is 7.63. The van der Waals surface area contributed by atoms with Gasteiger partial charge in [0, 0.05) is 32.7 Å². The van der Waals surface area contributed by atoms with E-state index in [1.54, 1.807) is 6.92 Å². The SMILES string of the molecule is COc1ccc(F)c(-c2nc(CN3CCN(S(N)(=O)=O)CC3)c(C)o2)c1. The van der Waals surface area contributed by atoms with E-state index in [2.05, 4.69) is 9.88 Å². The molecule has 2 N–H and O–H groups in total. The Labute approximate surface area is 151 Å². The number of oxazole rings is 1. The zero-order valence-electron chi connectivity index (χ0n) is 14.6. The first-order chi connectivity index (χ1) is 12.3. The normalized spacial score (nSPS) is 16.8. The summed E-state index contributed by atoms with van der Waals surface area (Å²) in [5.41, 5.74) is 0.920. The van der Waals surface area contributed by atoms with Crippen LogP contribution in [0.25, 0.3) is 11.5 Å². The van der Waals surface area contributed by atoms with Gasteiger partial charge in [-0.2, -0.15) is 12.7 Å². The summed E-state index contributed by atoms with van der Waals surface area (Å²) >= 11 is 0. The molecule has 0 radical (unpaired) electrons. The van der Waals surface area contributed by atoms with Crippen LogP contribution < -0.4 is 9.88 Å². The minimum atomic E-state index is -3.65. The summed E-state index contributed by atoms with van der Waals surface area (Å²) in [6.07, 6.45) is 0. The van der Waals surface area contributed by atoms with Crippen molar-refractivity contribution in [1.82, 2.24) is 14.2 Å². The van der Waals surface area contributed by atoms with Crippen molar-refractivity contribution in [2.45, 2.75) is 13.5 Å². The quantitative estimate of drug-likeness (QED) is 0.829. The number of benzene rings is 1. The van der Waals surface area contributed by atoms with Gasteiger partial charge in [-0.1, -0.05) is 0 Å². The van der Waals surface area contributed by atoms with E-state index in [-0.39, 0.29) is 11.5 Å². The number of methoxy groups -OCH3 is 1. The summed E-state index contributed by atoms with van der Waals surface area (Å²) in [6.45, 7) is 3.97. The molecule has 0 aliphatic carbocycles. The van der Waals surface area contributed by atoms with Crippen LogP contribution in [-0.2, 0) is 16.8 Å². The van der Waals surface area contributed by atoms with Gasteiger partial charge < -0.3 is 9.15 Å². The molecule has 3 rings (SSSR count). The maximum Gasteiger partial charge on any atom is 0.276 e. The van der Waals surface area contributed by atoms with Crippen LogP contribution >= 0.6 is 0 Å². The van der Waals surface area contributed by atoms with Gasteiger partial charge in [0.1, 0.15) is 17.3 Å². The lowest BCUT2D eigenvalue weighted by molar-refractivity contribution is 0.179. The number of hydrogen-bond acceptors (Lipinski definition) is 6. The van der Waals surface area contributed by atoms with E-state index in [9.17, 15) is 12.8 Å². The van der Waals surface area contributed by atoms with Crippen molar-refractivity contribution in [3.05, 3.63) is 35.5 Å². The fourth-order valence-corrected chi connectivity index (χ4v) is 3.51. The standard InChI is InChI=1S/C16H21FN4O4S/c1-11-15(10-20-5-7-21(8-6-20)26(18,22)23)19-16(25-11)13-9-12(24-2)3-4-14(13)17/h3-4,9H,5-8,10H2,1-2H3,(H2,18,22,23). The minimum Gasteiger partial charge on any atom is -0.497 e. The molecule has 0 saturated carbocycles. The lowest BCUT2D eigenvalue weighted by atomic mass is 10.2. The first kappa shape index (κ1) is 18.8. The Bertz CT molecular complexity index is 892. The molecule has 1 fully saturated rings. The van der Waals surface area contributed by atoms with E-state index < -0.39 is 16.0 Å². The third kappa shape index (κ3) is 4.04. The minimum absolute atomic E-state index is 0.192. The van der Waals surface area contributed by atoms with Crippen molar-refractivity contribution in [3.8, 4) is 17.2 Å². The van der Waals surface area contributed by atoms with Crippen LogP contribution in [0.5, 0.6) is 5.75 Å². The molecule has 8 nitrogen and oxygen atoms in total. The van der Waals surface area contributed by atoms with E-state index >= 15 is 0 Å². The summed E-state index contributed by atoms with van der Waals surface area (Å²) in [5, 5.41) is 5.14. The Morgan fingerprint density at radius 3 is 2.62 bits per heavy atom. The summed E-state index contributed by atoms with van der Waals surface area (Å²) in [5.74, 6) is 0.853. The van der Waals surface area contributed by atoms with Crippen molar-refractivity contribution >= 4 is 10.2 Å². The highest BCUT2D eigenvalue weighted by atomic mass is 32.2. The van der Waals surface area contributed by atoms with Crippen LogP contribution in [-0.4, -0.2) is 55.9 Å². The molecular formula is C16H21FN4O4S. The van der Waals surface area contributed by atoms with Crippen molar-refractivity contribution in [3.63, 3.8) is 0 Å². The van der Waals surface area contributed by atoms with E-state index in [1.165, 1.54) is 29.6 Å². The molecule has 1 aliphatic rings. The number of aromatic nitrogens is 1. The number of halogens is 1. The molecule has 2 heterocycles. The zero-order valence-corrected chi connectivity index (χ0v) is 15.4. The summed E-state index contributed by atoms with van der Waals surface area (Å²) < 4.78 is 48.8. The van der Waals surface area contributed by atoms with Gasteiger partial charge in [0.2, 0.25) is 5.89 Å². The van der Waals surface area contributed by atoms with Gasteiger partial charge in [-0.3, -0.25) is 4.90 Å². The highest BCUT2D eigenvalue weighted by Crippen LogP contribution is 2.28. The third-order valence-electron chi connectivity index (χ3n) is 4.36. The molecule has 2 aromatic rings. The molecule has 0 spiro atoms. The van der Waals surface area contributed by atoms with Crippen molar-refractivity contribution < 1.29 is 22.0 Å². The number of ether oxygens (including phenoxy) is 1. The largest absolute Gasteiger partial charge is 0.497 e. The molecule has 1 saturated heterocycles. The Morgan fingerprint density at radius 2 is 2.00 bits per heavy atom. The monoisotopic (exact) mass is 384 g/mol. The Balaban J connectivity index is 1.74. The van der Waals surface area contributed by atoms with E-state index in [0.717, 1.165) is 0 Å². The topological polar surface area (TPSA) is 102 Å². The van der Waals surface area contributed by atoms with Crippen LogP contribution in [0.2, 0.25) is 0 Å². The van der Waals surface area contributed by atoms with Crippen LogP contribution in [0.4, 0.5) is 4.39 Å². The van der Waals surface area contributed by atoms with E-state index in [1.807, 2.05) is 0 Å². The smallest absolute Gasteiger partial charge is 0.276 e. The maximum absolute atomic E-state index is 14.1. The number of rotatable bonds is 5. The number of nitrogens with zero attached hydrogens (tertiary/aromatic N) is 3. The van der Waals surface area contributed by atoms with E-state index in [0.29, 0.717) is 49.9 Å². The number of hydrogen-bond donors (Lipinski definition) is 1. The molecule has 1 aromatic carbocycles. The predicted molar refractivity (Wildman–Crippen MR) is 93.1 cm³/mol. The molecule has 142 valence electrons. The zero-order chi connectivity index (χ0) is 18.9. The van der Waals surface area contributed by atoms with Crippen LogP contribution in [0.1, 0.15) is 11.5 Å². The lowest BCUT2D eigenvalue weighted by Crippen LogP contribution is -2.50. The Morgan fingerprint density at radius 1 is 1.31 bits per heavy atom. The molecule has 0 amide bonds. The van der Waals surface area contributed by atoms with Gasteiger partial charge >= 0.3 is 0 Å². The molecule has 1 aliphatic heterocycles. The van der Waals surface area contributed by atoms with E-state index in [4.69, 9.17) is 14.3 Å². The maximum atomic E-state index is 14.1. The number of piperazine rings is 1. The summed E-state index contributed by atoms with van der Waals surface area (Å²) in [4.78, 5) is 6.47. The van der Waals surface area contributed by atoms with Gasteiger partial charge in [-0.25, -0.2) is 14.5 Å². The van der Waals surface area contributed by atoms with Crippen LogP contribution in [0, 0.1) is 12.7 Å². The molecule has 10 heteroatoms. The molecule has 0 atom stereocenters. The summed E-state index contributed by atoms with van der Waals surface area (Å²) in [7, 11) is -2.15. The molecule has 26 heavy (non-hydrogen) atoms. The van der Waals surface area contributed by atoms with Crippen LogP contribution in [0.3, 0.4) is 0 Å².